The third kappa shape index (κ3) is 6.56. The fourth-order valence-corrected chi connectivity index (χ4v) is 14.9. The molecule has 0 fully saturated rings. The van der Waals surface area contributed by atoms with Crippen LogP contribution in [0.5, 0.6) is 0 Å². The monoisotopic (exact) mass is 682 g/mol. The average molecular weight is 685 g/mol. The molecule has 0 N–H and O–H groups in total. The molecule has 0 heterocycles. The fraction of sp³-hybridized carbons (Fsp3) is 0.275. The maximum atomic E-state index is 2.66. The molecule has 3 heteroatoms. The van der Waals surface area contributed by atoms with Crippen molar-refractivity contribution in [2.75, 3.05) is 0 Å². The zero-order valence-electron chi connectivity index (χ0n) is 26.3. The molecule has 0 saturated carbocycles. The Morgan fingerprint density at radius 2 is 1.35 bits per heavy atom. The molecular weight excluding hydrogens is 643 g/mol. The van der Waals surface area contributed by atoms with Gasteiger partial charge in [0.1, 0.15) is 0 Å². The Labute approximate surface area is 279 Å². The van der Waals surface area contributed by atoms with Crippen LogP contribution in [0.1, 0.15) is 65.5 Å². The quantitative estimate of drug-likeness (QED) is 0.250. The number of halogens is 2. The number of hydrogen-bond acceptors (Lipinski definition) is 0. The molecular formula is C40H42Cl2Zr. The van der Waals surface area contributed by atoms with Crippen molar-refractivity contribution in [3.05, 3.63) is 123 Å². The standard InChI is InChI=1S/C25H17.C12H19.C3H6.2ClH.Zr/c1-3-7-18(8-4-1)20-11-13-24-22(15-20)17-23-16-21(12-14-25(23)24)19-9-5-2-6-10-19;1-5-6-10-7-8-11(9-10)12(2,3)4;1-3-2;;;/h1-15H,17H2;8-10H,5-6H2,1-4H3;1-2H3;2*1H;/q;;;;;+2/p-2. The maximum absolute atomic E-state index is 2.66. The summed E-state index contributed by atoms with van der Waals surface area (Å²) in [6, 6.07) is 34.1. The molecule has 2 aliphatic rings. The first-order chi connectivity index (χ1) is 19.8. The van der Waals surface area contributed by atoms with Crippen LogP contribution in [0.2, 0.25) is 0 Å². The van der Waals surface area contributed by atoms with E-state index in [2.05, 4.69) is 145 Å². The second-order valence-electron chi connectivity index (χ2n) is 13.0. The molecule has 0 nitrogen and oxygen atoms in total. The van der Waals surface area contributed by atoms with Crippen molar-refractivity contribution in [2.24, 2.45) is 11.3 Å². The molecule has 220 valence electrons. The van der Waals surface area contributed by atoms with Crippen molar-refractivity contribution in [1.29, 1.82) is 0 Å². The number of benzene rings is 4. The minimum absolute atomic E-state index is 0. The van der Waals surface area contributed by atoms with E-state index in [0.29, 0.717) is 5.92 Å². The summed E-state index contributed by atoms with van der Waals surface area (Å²) in [5.41, 5.74) is 13.1. The second-order valence-corrected chi connectivity index (χ2v) is 20.0. The van der Waals surface area contributed by atoms with Crippen molar-refractivity contribution in [3.63, 3.8) is 0 Å². The molecule has 0 spiro atoms. The minimum atomic E-state index is -2.45. The fourth-order valence-electron chi connectivity index (χ4n) is 6.82. The van der Waals surface area contributed by atoms with Crippen LogP contribution < -0.4 is 28.1 Å². The van der Waals surface area contributed by atoms with Crippen molar-refractivity contribution in [2.45, 2.75) is 60.8 Å². The molecule has 4 aromatic carbocycles. The molecule has 0 aromatic heterocycles. The Balaban J connectivity index is 0.00000212. The molecule has 4 aromatic rings. The topological polar surface area (TPSA) is 0 Å². The van der Waals surface area contributed by atoms with Gasteiger partial charge < -0.3 is 24.8 Å². The maximum Gasteiger partial charge on any atom is -1.00 e. The van der Waals surface area contributed by atoms with Gasteiger partial charge in [-0.15, -0.1) is 0 Å². The van der Waals surface area contributed by atoms with Gasteiger partial charge in [0.15, 0.2) is 0 Å². The van der Waals surface area contributed by atoms with Gasteiger partial charge in [-0.1, -0.05) is 0 Å². The van der Waals surface area contributed by atoms with Crippen LogP contribution in [-0.2, 0) is 27.7 Å². The first kappa shape index (κ1) is 33.6. The molecule has 6 rings (SSSR count). The minimum Gasteiger partial charge on any atom is -1.00 e. The van der Waals surface area contributed by atoms with Crippen LogP contribution in [0.4, 0.5) is 0 Å². The van der Waals surface area contributed by atoms with Gasteiger partial charge in [0.25, 0.3) is 0 Å². The van der Waals surface area contributed by atoms with E-state index in [4.69, 9.17) is 0 Å². The van der Waals surface area contributed by atoms with Crippen molar-refractivity contribution < 1.29 is 46.1 Å². The number of allylic oxidation sites excluding steroid dienone is 4. The molecule has 0 radical (unpaired) electrons. The van der Waals surface area contributed by atoms with E-state index in [1.807, 2.05) is 0 Å². The van der Waals surface area contributed by atoms with Gasteiger partial charge >= 0.3 is 256 Å². The first-order valence-corrected chi connectivity index (χ1v) is 19.0. The summed E-state index contributed by atoms with van der Waals surface area (Å²) in [5.74, 6) is 0.575. The van der Waals surface area contributed by atoms with Gasteiger partial charge in [-0.2, -0.15) is 0 Å². The summed E-state index contributed by atoms with van der Waals surface area (Å²) in [5, 5.41) is 0. The van der Waals surface area contributed by atoms with E-state index in [-0.39, 0.29) is 30.2 Å². The number of fused-ring (bicyclic) bond motifs is 3. The third-order valence-corrected chi connectivity index (χ3v) is 16.6. The zero-order valence-corrected chi connectivity index (χ0v) is 30.2. The van der Waals surface area contributed by atoms with Gasteiger partial charge in [0.05, 0.1) is 0 Å². The largest absolute Gasteiger partial charge is 1.00 e. The summed E-state index contributed by atoms with van der Waals surface area (Å²) in [7, 11) is 0. The average Bonchev–Trinajstić information content (AvgIpc) is 3.56. The van der Waals surface area contributed by atoms with Crippen LogP contribution in [0.25, 0.3) is 33.4 Å². The molecule has 0 saturated heterocycles. The van der Waals surface area contributed by atoms with Crippen molar-refractivity contribution in [1.82, 2.24) is 0 Å². The number of rotatable bonds is 6. The smallest absolute Gasteiger partial charge is 1.00 e. The molecule has 0 aliphatic heterocycles. The molecule has 43 heavy (non-hydrogen) atoms. The molecule has 1 unspecified atom stereocenters. The first-order valence-electron chi connectivity index (χ1n) is 15.3. The normalized spacial score (nSPS) is 14.8. The van der Waals surface area contributed by atoms with Gasteiger partial charge in [-0.05, 0) is 0 Å². The molecule has 1 atom stereocenters. The number of hydrogen-bond donors (Lipinski definition) is 0. The Morgan fingerprint density at radius 3 is 1.95 bits per heavy atom. The van der Waals surface area contributed by atoms with Gasteiger partial charge in [-0.3, -0.25) is 0 Å². The van der Waals surface area contributed by atoms with E-state index < -0.39 is 21.3 Å². The van der Waals surface area contributed by atoms with Gasteiger partial charge in [-0.25, -0.2) is 0 Å². The Kier molecular flexibility index (Phi) is 10.8. The summed E-state index contributed by atoms with van der Waals surface area (Å²) in [6.45, 7) is 14.4. The van der Waals surface area contributed by atoms with Crippen molar-refractivity contribution in [3.8, 4) is 33.4 Å². The van der Waals surface area contributed by atoms with Crippen molar-refractivity contribution >= 4 is 6.48 Å². The van der Waals surface area contributed by atoms with E-state index in [1.54, 1.807) is 15.3 Å². The SMILES string of the molecule is CCCC1C=C(C(C)(C)C)C=[C]1[Zr+2](=[C](C)C)[c]1c(-c2ccccc2)ccc2c1Cc1cc(-c3ccccc3)ccc1-2.[Cl-].[Cl-]. The van der Waals surface area contributed by atoms with Crippen LogP contribution in [0.15, 0.2) is 112 Å². The van der Waals surface area contributed by atoms with E-state index >= 15 is 0 Å². The van der Waals surface area contributed by atoms with E-state index in [9.17, 15) is 0 Å². The van der Waals surface area contributed by atoms with Crippen LogP contribution in [-0.4, -0.2) is 3.21 Å². The Bertz CT molecular complexity index is 1700. The predicted octanol–water partition coefficient (Wildman–Crippen LogP) is 4.34. The second kappa shape index (κ2) is 13.8. The van der Waals surface area contributed by atoms with Crippen LogP contribution in [0.3, 0.4) is 0 Å². The molecule has 0 amide bonds. The van der Waals surface area contributed by atoms with Crippen LogP contribution in [0, 0.1) is 11.3 Å². The zero-order chi connectivity index (χ0) is 28.7. The summed E-state index contributed by atoms with van der Waals surface area (Å²) in [6.07, 6.45) is 8.80. The summed E-state index contributed by atoms with van der Waals surface area (Å²) in [4.78, 5) is 0. The van der Waals surface area contributed by atoms with E-state index in [0.717, 1.165) is 6.42 Å². The van der Waals surface area contributed by atoms with Gasteiger partial charge in [0.2, 0.25) is 0 Å². The summed E-state index contributed by atoms with van der Waals surface area (Å²) < 4.78 is 5.17. The third-order valence-electron chi connectivity index (χ3n) is 8.86. The molecule has 2 aliphatic carbocycles. The summed E-state index contributed by atoms with van der Waals surface area (Å²) >= 11 is -2.45. The van der Waals surface area contributed by atoms with E-state index in [1.165, 1.54) is 57.4 Å². The molecule has 0 bridgehead atoms. The Hall–Kier alpha value is -2.31. The van der Waals surface area contributed by atoms with Crippen LogP contribution >= 0.6 is 0 Å². The Morgan fingerprint density at radius 1 is 0.744 bits per heavy atom. The van der Waals surface area contributed by atoms with Gasteiger partial charge in [0, 0.05) is 0 Å². The predicted molar refractivity (Wildman–Crippen MR) is 176 cm³/mol.